The van der Waals surface area contributed by atoms with Gasteiger partial charge in [-0.2, -0.15) is 0 Å². The van der Waals surface area contributed by atoms with Gasteiger partial charge in [0.2, 0.25) is 11.8 Å². The highest BCUT2D eigenvalue weighted by molar-refractivity contribution is 6.01. The van der Waals surface area contributed by atoms with Gasteiger partial charge in [0.25, 0.3) is 0 Å². The van der Waals surface area contributed by atoms with Crippen molar-refractivity contribution in [3.63, 3.8) is 0 Å². The SMILES string of the molecule is Cc1ccc(/C(=C/C(=O)N2CCCC2C(=O)Nc2cc(C)on2)C(C)C)cc1. The Morgan fingerprint density at radius 3 is 2.57 bits per heavy atom. The molecule has 1 aliphatic heterocycles. The normalized spacial score (nSPS) is 17.2. The van der Waals surface area contributed by atoms with E-state index in [1.54, 1.807) is 24.0 Å². The highest BCUT2D eigenvalue weighted by Crippen LogP contribution is 2.26. The van der Waals surface area contributed by atoms with Crippen LogP contribution in [0.1, 0.15) is 43.6 Å². The van der Waals surface area contributed by atoms with Crippen molar-refractivity contribution in [2.24, 2.45) is 5.92 Å². The Labute approximate surface area is 165 Å². The van der Waals surface area contributed by atoms with Crippen molar-refractivity contribution in [1.82, 2.24) is 10.1 Å². The van der Waals surface area contributed by atoms with Crippen molar-refractivity contribution in [1.29, 1.82) is 0 Å². The second-order valence-corrected chi connectivity index (χ2v) is 7.62. The third-order valence-electron chi connectivity index (χ3n) is 5.00. The first-order chi connectivity index (χ1) is 13.3. The van der Waals surface area contributed by atoms with Crippen LogP contribution in [0.25, 0.3) is 5.57 Å². The number of aryl methyl sites for hydroxylation is 2. The van der Waals surface area contributed by atoms with Crippen LogP contribution in [0.2, 0.25) is 0 Å². The second-order valence-electron chi connectivity index (χ2n) is 7.62. The van der Waals surface area contributed by atoms with Gasteiger partial charge in [0.1, 0.15) is 11.8 Å². The van der Waals surface area contributed by atoms with Gasteiger partial charge in [-0.25, -0.2) is 0 Å². The second kappa shape index (κ2) is 8.42. The predicted octanol–water partition coefficient (Wildman–Crippen LogP) is 3.96. The number of rotatable bonds is 5. The molecule has 0 saturated carbocycles. The van der Waals surface area contributed by atoms with E-state index in [0.717, 1.165) is 17.6 Å². The number of carbonyl (C=O) groups excluding carboxylic acids is 2. The van der Waals surface area contributed by atoms with Gasteiger partial charge in [-0.3, -0.25) is 9.59 Å². The molecule has 1 fully saturated rings. The van der Waals surface area contributed by atoms with E-state index in [4.69, 9.17) is 4.52 Å². The summed E-state index contributed by atoms with van der Waals surface area (Å²) >= 11 is 0. The van der Waals surface area contributed by atoms with E-state index in [-0.39, 0.29) is 17.7 Å². The minimum absolute atomic E-state index is 0.127. The number of carbonyl (C=O) groups is 2. The van der Waals surface area contributed by atoms with Crippen LogP contribution in [0.15, 0.2) is 40.9 Å². The Kier molecular flexibility index (Phi) is 5.97. The van der Waals surface area contributed by atoms with Crippen molar-refractivity contribution in [2.45, 2.75) is 46.6 Å². The molecule has 0 bridgehead atoms. The van der Waals surface area contributed by atoms with Crippen LogP contribution in [0.3, 0.4) is 0 Å². The molecule has 28 heavy (non-hydrogen) atoms. The molecule has 1 aromatic carbocycles. The third kappa shape index (κ3) is 4.50. The number of hydrogen-bond acceptors (Lipinski definition) is 4. The van der Waals surface area contributed by atoms with Crippen molar-refractivity contribution in [3.8, 4) is 0 Å². The fourth-order valence-electron chi connectivity index (χ4n) is 3.48. The molecule has 1 unspecified atom stereocenters. The van der Waals surface area contributed by atoms with E-state index in [9.17, 15) is 9.59 Å². The van der Waals surface area contributed by atoms with Gasteiger partial charge in [-0.15, -0.1) is 0 Å². The number of hydrogen-bond donors (Lipinski definition) is 1. The molecule has 1 aromatic heterocycles. The zero-order valence-corrected chi connectivity index (χ0v) is 16.9. The number of benzene rings is 1. The fourth-order valence-corrected chi connectivity index (χ4v) is 3.48. The summed E-state index contributed by atoms with van der Waals surface area (Å²) < 4.78 is 4.98. The average molecular weight is 381 g/mol. The lowest BCUT2D eigenvalue weighted by atomic mass is 9.94. The van der Waals surface area contributed by atoms with Crippen LogP contribution in [0.5, 0.6) is 0 Å². The molecular formula is C22H27N3O3. The molecule has 0 spiro atoms. The van der Waals surface area contributed by atoms with Crippen LogP contribution >= 0.6 is 0 Å². The highest BCUT2D eigenvalue weighted by Gasteiger charge is 2.34. The van der Waals surface area contributed by atoms with E-state index in [1.807, 2.05) is 31.2 Å². The van der Waals surface area contributed by atoms with Crippen molar-refractivity contribution in [2.75, 3.05) is 11.9 Å². The van der Waals surface area contributed by atoms with Crippen molar-refractivity contribution < 1.29 is 14.1 Å². The smallest absolute Gasteiger partial charge is 0.248 e. The first-order valence-corrected chi connectivity index (χ1v) is 9.68. The Morgan fingerprint density at radius 1 is 1.25 bits per heavy atom. The summed E-state index contributed by atoms with van der Waals surface area (Å²) in [6.45, 7) is 8.51. The topological polar surface area (TPSA) is 75.4 Å². The highest BCUT2D eigenvalue weighted by atomic mass is 16.5. The minimum Gasteiger partial charge on any atom is -0.360 e. The maximum absolute atomic E-state index is 13.0. The summed E-state index contributed by atoms with van der Waals surface area (Å²) in [5.74, 6) is 0.837. The zero-order valence-electron chi connectivity index (χ0n) is 16.9. The Morgan fingerprint density at radius 2 is 1.96 bits per heavy atom. The van der Waals surface area contributed by atoms with Crippen LogP contribution in [-0.2, 0) is 9.59 Å². The van der Waals surface area contributed by atoms with E-state index >= 15 is 0 Å². The zero-order chi connectivity index (χ0) is 20.3. The summed E-state index contributed by atoms with van der Waals surface area (Å²) in [5.41, 5.74) is 3.19. The number of nitrogens with one attached hydrogen (secondary N) is 1. The first kappa shape index (κ1) is 19.9. The Bertz CT molecular complexity index is 881. The molecule has 6 heteroatoms. The van der Waals surface area contributed by atoms with E-state index in [0.29, 0.717) is 24.5 Å². The maximum Gasteiger partial charge on any atom is 0.248 e. The van der Waals surface area contributed by atoms with Crippen molar-refractivity contribution >= 4 is 23.2 Å². The third-order valence-corrected chi connectivity index (χ3v) is 5.00. The monoisotopic (exact) mass is 381 g/mol. The van der Waals surface area contributed by atoms with Gasteiger partial charge in [-0.1, -0.05) is 48.8 Å². The molecular weight excluding hydrogens is 354 g/mol. The molecule has 2 heterocycles. The molecule has 0 aliphatic carbocycles. The molecule has 1 saturated heterocycles. The predicted molar refractivity (Wildman–Crippen MR) is 109 cm³/mol. The van der Waals surface area contributed by atoms with Gasteiger partial charge >= 0.3 is 0 Å². The standard InChI is InChI=1S/C22H27N3O3/c1-14(2)18(17-9-7-15(3)8-10-17)13-21(26)25-11-5-6-19(25)22(27)23-20-12-16(4)28-24-20/h7-10,12-14,19H,5-6,11H2,1-4H3,(H,23,24,27)/b18-13+. The molecule has 1 N–H and O–H groups in total. The van der Waals surface area contributed by atoms with E-state index < -0.39 is 6.04 Å². The van der Waals surface area contributed by atoms with Crippen LogP contribution in [-0.4, -0.2) is 34.5 Å². The Hall–Kier alpha value is -2.89. The van der Waals surface area contributed by atoms with Gasteiger partial charge < -0.3 is 14.7 Å². The summed E-state index contributed by atoms with van der Waals surface area (Å²) in [7, 11) is 0. The van der Waals surface area contributed by atoms with Crippen LogP contribution in [0, 0.1) is 19.8 Å². The van der Waals surface area contributed by atoms with Gasteiger partial charge in [0, 0.05) is 18.7 Å². The lowest BCUT2D eigenvalue weighted by Crippen LogP contribution is -2.42. The molecule has 2 aromatic rings. The lowest BCUT2D eigenvalue weighted by molar-refractivity contribution is -0.132. The average Bonchev–Trinajstić information content (AvgIpc) is 3.29. The van der Waals surface area contributed by atoms with E-state index in [1.165, 1.54) is 5.56 Å². The first-order valence-electron chi connectivity index (χ1n) is 9.68. The van der Waals surface area contributed by atoms with Crippen LogP contribution in [0.4, 0.5) is 5.82 Å². The summed E-state index contributed by atoms with van der Waals surface area (Å²) in [6, 6.07) is 9.33. The number of allylic oxidation sites excluding steroid dienone is 1. The Balaban J connectivity index is 1.77. The molecule has 0 radical (unpaired) electrons. The number of likely N-dealkylation sites (tertiary alicyclic amines) is 1. The lowest BCUT2D eigenvalue weighted by Gasteiger charge is -2.23. The largest absolute Gasteiger partial charge is 0.360 e. The summed E-state index contributed by atoms with van der Waals surface area (Å²) in [5, 5.41) is 6.54. The van der Waals surface area contributed by atoms with Gasteiger partial charge in [-0.05, 0) is 43.7 Å². The van der Waals surface area contributed by atoms with Gasteiger partial charge in [0.15, 0.2) is 5.82 Å². The fraction of sp³-hybridized carbons (Fsp3) is 0.409. The molecule has 2 amide bonds. The summed E-state index contributed by atoms with van der Waals surface area (Å²) in [6.07, 6.45) is 3.13. The quantitative estimate of drug-likeness (QED) is 0.796. The molecule has 148 valence electrons. The number of anilines is 1. The minimum atomic E-state index is -0.493. The van der Waals surface area contributed by atoms with Crippen molar-refractivity contribution in [3.05, 3.63) is 53.3 Å². The summed E-state index contributed by atoms with van der Waals surface area (Å²) in [4.78, 5) is 27.3. The molecule has 1 atom stereocenters. The van der Waals surface area contributed by atoms with Crippen LogP contribution < -0.4 is 5.32 Å². The molecule has 6 nitrogen and oxygen atoms in total. The molecule has 1 aliphatic rings. The molecule has 3 rings (SSSR count). The number of aromatic nitrogens is 1. The van der Waals surface area contributed by atoms with Gasteiger partial charge in [0.05, 0.1) is 0 Å². The number of amides is 2. The van der Waals surface area contributed by atoms with E-state index in [2.05, 4.69) is 24.3 Å². The number of nitrogens with zero attached hydrogens (tertiary/aromatic N) is 2. The maximum atomic E-state index is 13.0.